The molecule has 26 heavy (non-hydrogen) atoms. The van der Waals surface area contributed by atoms with Gasteiger partial charge in [-0.1, -0.05) is 70.6 Å². The third-order valence-corrected chi connectivity index (χ3v) is 6.40. The van der Waals surface area contributed by atoms with Gasteiger partial charge in [-0.15, -0.1) is 0 Å². The molecule has 4 atom stereocenters. The lowest BCUT2D eigenvalue weighted by Gasteiger charge is -2.50. The standard InChI is InChI=1S/C19H15ClINO4/c1-25-19(24)22-16-13-5-3-2-4-12(13)15(21)17(22)26-18(23)14(16)10-6-8-11(20)9-7-10/h2-9,14-17H,1H3/t14-,15-,16-,17-/m0/s1. The van der Waals surface area contributed by atoms with E-state index >= 15 is 0 Å². The van der Waals surface area contributed by atoms with E-state index in [1.807, 2.05) is 24.3 Å². The van der Waals surface area contributed by atoms with Crippen LogP contribution in [0.15, 0.2) is 48.5 Å². The summed E-state index contributed by atoms with van der Waals surface area (Å²) in [4.78, 5) is 27.0. The highest BCUT2D eigenvalue weighted by molar-refractivity contribution is 14.1. The lowest BCUT2D eigenvalue weighted by atomic mass is 9.79. The van der Waals surface area contributed by atoms with Crippen molar-refractivity contribution in [2.24, 2.45) is 0 Å². The van der Waals surface area contributed by atoms with Gasteiger partial charge in [0.2, 0.25) is 0 Å². The predicted octanol–water partition coefficient (Wildman–Crippen LogP) is 4.61. The number of carbonyl (C=O) groups is 2. The molecule has 134 valence electrons. The van der Waals surface area contributed by atoms with Crippen LogP contribution in [0.5, 0.6) is 0 Å². The Bertz CT molecular complexity index is 872. The Labute approximate surface area is 169 Å². The third-order valence-electron chi connectivity index (χ3n) is 4.86. The van der Waals surface area contributed by atoms with Crippen LogP contribution in [0, 0.1) is 0 Å². The van der Waals surface area contributed by atoms with Crippen LogP contribution in [0.3, 0.4) is 0 Å². The van der Waals surface area contributed by atoms with Crippen molar-refractivity contribution in [1.29, 1.82) is 0 Å². The van der Waals surface area contributed by atoms with E-state index < -0.39 is 24.3 Å². The molecule has 2 aromatic carbocycles. The second-order valence-electron chi connectivity index (χ2n) is 6.21. The molecule has 0 unspecified atom stereocenters. The zero-order valence-electron chi connectivity index (χ0n) is 13.8. The second-order valence-corrected chi connectivity index (χ2v) is 7.99. The Kier molecular flexibility index (Phi) is 4.56. The summed E-state index contributed by atoms with van der Waals surface area (Å²) >= 11 is 8.20. The number of carbonyl (C=O) groups excluding carboxylic acids is 2. The van der Waals surface area contributed by atoms with Gasteiger partial charge in [-0.3, -0.25) is 9.69 Å². The van der Waals surface area contributed by atoms with E-state index in [0.29, 0.717) is 5.02 Å². The fourth-order valence-electron chi connectivity index (χ4n) is 3.72. The maximum absolute atomic E-state index is 12.9. The van der Waals surface area contributed by atoms with E-state index in [-0.39, 0.29) is 9.89 Å². The van der Waals surface area contributed by atoms with Gasteiger partial charge in [0, 0.05) is 5.02 Å². The average molecular weight is 484 g/mol. The number of nitrogens with zero attached hydrogens (tertiary/aromatic N) is 1. The SMILES string of the molecule is COC(=O)N1[C@H]2OC(=O)[C@@H](c3ccc(Cl)cc3)[C@@H]1c1ccccc1[C@@H]2I. The van der Waals surface area contributed by atoms with Gasteiger partial charge in [0.15, 0.2) is 6.23 Å². The monoisotopic (exact) mass is 483 g/mol. The van der Waals surface area contributed by atoms with Gasteiger partial charge in [-0.25, -0.2) is 4.79 Å². The molecule has 4 rings (SSSR count). The number of ether oxygens (including phenoxy) is 2. The quantitative estimate of drug-likeness (QED) is 0.338. The van der Waals surface area contributed by atoms with Crippen molar-refractivity contribution in [2.75, 3.05) is 7.11 Å². The van der Waals surface area contributed by atoms with Crippen molar-refractivity contribution in [3.05, 3.63) is 70.2 Å². The minimum Gasteiger partial charge on any atom is -0.453 e. The van der Waals surface area contributed by atoms with Gasteiger partial charge in [-0.05, 0) is 28.8 Å². The molecule has 2 heterocycles. The lowest BCUT2D eigenvalue weighted by molar-refractivity contribution is -0.178. The fraction of sp³-hybridized carbons (Fsp3) is 0.263. The van der Waals surface area contributed by atoms with Crippen molar-refractivity contribution in [3.8, 4) is 0 Å². The lowest BCUT2D eigenvalue weighted by Crippen LogP contribution is -2.57. The van der Waals surface area contributed by atoms with Crippen LogP contribution in [0.25, 0.3) is 0 Å². The molecule has 0 saturated carbocycles. The van der Waals surface area contributed by atoms with Crippen LogP contribution in [-0.4, -0.2) is 30.3 Å². The van der Waals surface area contributed by atoms with E-state index in [0.717, 1.165) is 16.7 Å². The van der Waals surface area contributed by atoms with Crippen molar-refractivity contribution >= 4 is 46.3 Å². The van der Waals surface area contributed by atoms with Crippen molar-refractivity contribution in [2.45, 2.75) is 22.1 Å². The summed E-state index contributed by atoms with van der Waals surface area (Å²) in [6.45, 7) is 0. The topological polar surface area (TPSA) is 55.8 Å². The number of fused-ring (bicyclic) bond motifs is 4. The number of alkyl halides is 1. The Morgan fingerprint density at radius 1 is 1.15 bits per heavy atom. The van der Waals surface area contributed by atoms with Gasteiger partial charge >= 0.3 is 12.1 Å². The summed E-state index contributed by atoms with van der Waals surface area (Å²) in [7, 11) is 1.33. The number of esters is 1. The molecule has 1 fully saturated rings. The molecule has 0 radical (unpaired) electrons. The van der Waals surface area contributed by atoms with Gasteiger partial charge in [0.1, 0.15) is 5.92 Å². The molecule has 2 bridgehead atoms. The molecule has 0 spiro atoms. The molecule has 1 saturated heterocycles. The first-order valence-corrected chi connectivity index (χ1v) is 9.70. The summed E-state index contributed by atoms with van der Waals surface area (Å²) in [6, 6.07) is 14.4. The summed E-state index contributed by atoms with van der Waals surface area (Å²) in [5.41, 5.74) is 2.75. The summed E-state index contributed by atoms with van der Waals surface area (Å²) in [6.07, 6.45) is -1.21. The molecule has 5 nitrogen and oxygen atoms in total. The van der Waals surface area contributed by atoms with Crippen LogP contribution < -0.4 is 0 Å². The van der Waals surface area contributed by atoms with Gasteiger partial charge in [0.25, 0.3) is 0 Å². The van der Waals surface area contributed by atoms with Gasteiger partial charge in [0.05, 0.1) is 17.1 Å². The van der Waals surface area contributed by atoms with Crippen LogP contribution in [0.2, 0.25) is 5.02 Å². The number of halogens is 2. The second kappa shape index (κ2) is 6.74. The Balaban J connectivity index is 1.91. The van der Waals surface area contributed by atoms with Gasteiger partial charge in [-0.2, -0.15) is 0 Å². The minimum absolute atomic E-state index is 0.172. The number of methoxy groups -OCH3 is 1. The first-order chi connectivity index (χ1) is 12.5. The molecule has 2 aliphatic rings. The van der Waals surface area contributed by atoms with Crippen LogP contribution in [0.1, 0.15) is 32.6 Å². The highest BCUT2D eigenvalue weighted by atomic mass is 127. The Hall–Kier alpha value is -1.80. The summed E-state index contributed by atoms with van der Waals surface area (Å²) < 4.78 is 10.5. The van der Waals surface area contributed by atoms with E-state index in [2.05, 4.69) is 22.6 Å². The highest BCUT2D eigenvalue weighted by Crippen LogP contribution is 2.52. The summed E-state index contributed by atoms with van der Waals surface area (Å²) in [5.74, 6) is -0.994. The number of hydrogen-bond donors (Lipinski definition) is 0. The van der Waals surface area contributed by atoms with E-state index in [4.69, 9.17) is 21.1 Å². The van der Waals surface area contributed by atoms with Crippen LogP contribution in [-0.2, 0) is 14.3 Å². The molecule has 7 heteroatoms. The maximum Gasteiger partial charge on any atom is 0.412 e. The van der Waals surface area contributed by atoms with E-state index in [1.165, 1.54) is 7.11 Å². The Morgan fingerprint density at radius 2 is 1.81 bits per heavy atom. The smallest absolute Gasteiger partial charge is 0.412 e. The number of benzene rings is 2. The molecule has 1 amide bonds. The summed E-state index contributed by atoms with van der Waals surface area (Å²) in [5, 5.41) is 0.581. The first kappa shape index (κ1) is 17.6. The molecule has 2 aromatic rings. The van der Waals surface area contributed by atoms with Gasteiger partial charge < -0.3 is 9.47 Å². The van der Waals surface area contributed by atoms with Crippen molar-refractivity contribution < 1.29 is 19.1 Å². The molecule has 0 N–H and O–H groups in total. The highest BCUT2D eigenvalue weighted by Gasteiger charge is 2.54. The third kappa shape index (κ3) is 2.66. The van der Waals surface area contributed by atoms with Crippen molar-refractivity contribution in [1.82, 2.24) is 4.90 Å². The molecule has 0 aliphatic carbocycles. The number of hydrogen-bond acceptors (Lipinski definition) is 4. The fourth-order valence-corrected chi connectivity index (χ4v) is 4.91. The minimum atomic E-state index is -0.695. The average Bonchev–Trinajstić information content (AvgIpc) is 2.66. The molecular weight excluding hydrogens is 469 g/mol. The first-order valence-electron chi connectivity index (χ1n) is 8.08. The zero-order valence-corrected chi connectivity index (χ0v) is 16.7. The predicted molar refractivity (Wildman–Crippen MR) is 104 cm³/mol. The number of amides is 1. The molecular formula is C19H15ClINO4. The van der Waals surface area contributed by atoms with Crippen LogP contribution in [0.4, 0.5) is 4.79 Å². The van der Waals surface area contributed by atoms with E-state index in [1.54, 1.807) is 29.2 Å². The molecule has 2 aliphatic heterocycles. The van der Waals surface area contributed by atoms with Crippen LogP contribution >= 0.6 is 34.2 Å². The normalized spacial score (nSPS) is 26.7. The van der Waals surface area contributed by atoms with Crippen molar-refractivity contribution in [3.63, 3.8) is 0 Å². The van der Waals surface area contributed by atoms with E-state index in [9.17, 15) is 9.59 Å². The molecule has 0 aromatic heterocycles. The number of rotatable bonds is 1. The zero-order chi connectivity index (χ0) is 18.4. The Morgan fingerprint density at radius 3 is 2.46 bits per heavy atom. The maximum atomic E-state index is 12.9. The largest absolute Gasteiger partial charge is 0.453 e.